The standard InChI is InChI=1S/C16H30N4/c1-13-9-16(11-17,12-20(13)14-4-5-14)19-8-7-18-6-2-3-15(18)10-19/h13-15H,2-12,17H2,1H3. The first-order valence-corrected chi connectivity index (χ1v) is 8.67. The van der Waals surface area contributed by atoms with Gasteiger partial charge in [-0.25, -0.2) is 0 Å². The van der Waals surface area contributed by atoms with E-state index in [2.05, 4.69) is 21.6 Å². The molecule has 0 aromatic carbocycles. The quantitative estimate of drug-likeness (QED) is 0.825. The molecule has 1 aliphatic carbocycles. The first-order chi connectivity index (χ1) is 9.72. The van der Waals surface area contributed by atoms with Gasteiger partial charge in [0.05, 0.1) is 0 Å². The molecule has 114 valence electrons. The highest BCUT2D eigenvalue weighted by molar-refractivity contribution is 5.08. The van der Waals surface area contributed by atoms with Gasteiger partial charge in [-0.05, 0) is 45.6 Å². The number of hydrogen-bond acceptors (Lipinski definition) is 4. The summed E-state index contributed by atoms with van der Waals surface area (Å²) in [5.41, 5.74) is 6.57. The van der Waals surface area contributed by atoms with Crippen LogP contribution >= 0.6 is 0 Å². The molecule has 0 spiro atoms. The maximum atomic E-state index is 6.30. The fourth-order valence-corrected chi connectivity index (χ4v) is 5.05. The maximum absolute atomic E-state index is 6.30. The van der Waals surface area contributed by atoms with Crippen molar-refractivity contribution in [3.63, 3.8) is 0 Å². The summed E-state index contributed by atoms with van der Waals surface area (Å²) >= 11 is 0. The van der Waals surface area contributed by atoms with Crippen molar-refractivity contribution in [3.8, 4) is 0 Å². The molecule has 20 heavy (non-hydrogen) atoms. The summed E-state index contributed by atoms with van der Waals surface area (Å²) in [6.07, 6.45) is 6.92. The lowest BCUT2D eigenvalue weighted by molar-refractivity contribution is 0.0219. The number of fused-ring (bicyclic) bond motifs is 1. The van der Waals surface area contributed by atoms with E-state index in [9.17, 15) is 0 Å². The van der Waals surface area contributed by atoms with Crippen molar-refractivity contribution in [3.05, 3.63) is 0 Å². The van der Waals surface area contributed by atoms with Gasteiger partial charge in [-0.3, -0.25) is 14.7 Å². The molecule has 4 aliphatic rings. The van der Waals surface area contributed by atoms with Crippen LogP contribution in [0.5, 0.6) is 0 Å². The number of piperazine rings is 1. The van der Waals surface area contributed by atoms with Gasteiger partial charge in [-0.1, -0.05) is 0 Å². The van der Waals surface area contributed by atoms with Crippen LogP contribution < -0.4 is 5.73 Å². The summed E-state index contributed by atoms with van der Waals surface area (Å²) < 4.78 is 0. The lowest BCUT2D eigenvalue weighted by Gasteiger charge is -2.47. The second-order valence-corrected chi connectivity index (χ2v) is 7.66. The van der Waals surface area contributed by atoms with Crippen LogP contribution in [0.1, 0.15) is 39.0 Å². The molecule has 0 bridgehead atoms. The highest BCUT2D eigenvalue weighted by Gasteiger charge is 2.50. The van der Waals surface area contributed by atoms with Gasteiger partial charge in [0.15, 0.2) is 0 Å². The SMILES string of the molecule is CC1CC(CN)(N2CCN3CCCC3C2)CN1C1CC1. The second-order valence-electron chi connectivity index (χ2n) is 7.66. The summed E-state index contributed by atoms with van der Waals surface area (Å²) in [6.45, 7) is 9.58. The molecule has 1 saturated carbocycles. The van der Waals surface area contributed by atoms with Gasteiger partial charge in [-0.15, -0.1) is 0 Å². The van der Waals surface area contributed by atoms with Gasteiger partial charge in [-0.2, -0.15) is 0 Å². The summed E-state index contributed by atoms with van der Waals surface area (Å²) in [5.74, 6) is 0. The van der Waals surface area contributed by atoms with Crippen molar-refractivity contribution in [2.24, 2.45) is 5.73 Å². The normalized spacial score (nSPS) is 44.1. The third-order valence-corrected chi connectivity index (χ3v) is 6.37. The molecule has 0 radical (unpaired) electrons. The van der Waals surface area contributed by atoms with E-state index in [0.717, 1.165) is 24.7 Å². The highest BCUT2D eigenvalue weighted by atomic mass is 15.4. The molecule has 4 rings (SSSR count). The zero-order chi connectivity index (χ0) is 13.7. The topological polar surface area (TPSA) is 35.7 Å². The zero-order valence-corrected chi connectivity index (χ0v) is 12.9. The van der Waals surface area contributed by atoms with Crippen molar-refractivity contribution in [2.75, 3.05) is 39.3 Å². The fourth-order valence-electron chi connectivity index (χ4n) is 5.05. The average Bonchev–Trinajstić information content (AvgIpc) is 3.09. The Morgan fingerprint density at radius 1 is 1.10 bits per heavy atom. The van der Waals surface area contributed by atoms with E-state index in [-0.39, 0.29) is 5.54 Å². The zero-order valence-electron chi connectivity index (χ0n) is 12.9. The fraction of sp³-hybridized carbons (Fsp3) is 1.00. The lowest BCUT2D eigenvalue weighted by atomic mass is 9.92. The Morgan fingerprint density at radius 2 is 1.95 bits per heavy atom. The molecule has 3 saturated heterocycles. The smallest absolute Gasteiger partial charge is 0.0474 e. The van der Waals surface area contributed by atoms with Crippen molar-refractivity contribution >= 4 is 0 Å². The Balaban J connectivity index is 1.49. The van der Waals surface area contributed by atoms with Gasteiger partial charge in [0.25, 0.3) is 0 Å². The van der Waals surface area contributed by atoms with E-state index in [4.69, 9.17) is 5.73 Å². The van der Waals surface area contributed by atoms with Crippen LogP contribution in [0, 0.1) is 0 Å². The van der Waals surface area contributed by atoms with Crippen LogP contribution in [-0.2, 0) is 0 Å². The van der Waals surface area contributed by atoms with Crippen molar-refractivity contribution in [1.29, 1.82) is 0 Å². The first kappa shape index (κ1) is 13.5. The van der Waals surface area contributed by atoms with Crippen LogP contribution in [0.25, 0.3) is 0 Å². The Kier molecular flexibility index (Phi) is 3.33. The molecule has 2 N–H and O–H groups in total. The van der Waals surface area contributed by atoms with E-state index in [1.165, 1.54) is 64.8 Å². The molecule has 4 heteroatoms. The van der Waals surface area contributed by atoms with Crippen molar-refractivity contribution < 1.29 is 0 Å². The van der Waals surface area contributed by atoms with E-state index in [1.54, 1.807) is 0 Å². The van der Waals surface area contributed by atoms with Gasteiger partial charge >= 0.3 is 0 Å². The molecular formula is C16H30N4. The average molecular weight is 278 g/mol. The Bertz CT molecular complexity index is 369. The monoisotopic (exact) mass is 278 g/mol. The van der Waals surface area contributed by atoms with E-state index >= 15 is 0 Å². The minimum Gasteiger partial charge on any atom is -0.329 e. The van der Waals surface area contributed by atoms with Gasteiger partial charge in [0.1, 0.15) is 0 Å². The summed E-state index contributed by atoms with van der Waals surface area (Å²) in [5, 5.41) is 0. The van der Waals surface area contributed by atoms with Gasteiger partial charge in [0, 0.05) is 56.4 Å². The third kappa shape index (κ3) is 2.12. The molecular weight excluding hydrogens is 248 g/mol. The van der Waals surface area contributed by atoms with Crippen LogP contribution in [0.3, 0.4) is 0 Å². The Labute approximate surface area is 123 Å². The number of nitrogens with zero attached hydrogens (tertiary/aromatic N) is 3. The minimum absolute atomic E-state index is 0.274. The van der Waals surface area contributed by atoms with E-state index in [0.29, 0.717) is 0 Å². The summed E-state index contributed by atoms with van der Waals surface area (Å²) in [6, 6.07) is 2.43. The minimum atomic E-state index is 0.274. The number of hydrogen-bond donors (Lipinski definition) is 1. The first-order valence-electron chi connectivity index (χ1n) is 8.67. The highest BCUT2D eigenvalue weighted by Crippen LogP contribution is 2.40. The molecule has 0 aromatic rings. The van der Waals surface area contributed by atoms with Crippen LogP contribution in [-0.4, -0.2) is 77.6 Å². The number of nitrogens with two attached hydrogens (primary N) is 1. The molecule has 4 nitrogen and oxygen atoms in total. The molecule has 3 heterocycles. The molecule has 4 fully saturated rings. The number of likely N-dealkylation sites (tertiary alicyclic amines) is 1. The summed E-state index contributed by atoms with van der Waals surface area (Å²) in [7, 11) is 0. The molecule has 3 aliphatic heterocycles. The van der Waals surface area contributed by atoms with Crippen molar-refractivity contribution in [1.82, 2.24) is 14.7 Å². The summed E-state index contributed by atoms with van der Waals surface area (Å²) in [4.78, 5) is 8.24. The second kappa shape index (κ2) is 4.94. The van der Waals surface area contributed by atoms with E-state index < -0.39 is 0 Å². The van der Waals surface area contributed by atoms with Gasteiger partial charge < -0.3 is 5.73 Å². The van der Waals surface area contributed by atoms with Crippen LogP contribution in [0.15, 0.2) is 0 Å². The van der Waals surface area contributed by atoms with E-state index in [1.807, 2.05) is 0 Å². The Morgan fingerprint density at radius 3 is 2.70 bits per heavy atom. The molecule has 3 unspecified atom stereocenters. The predicted molar refractivity (Wildman–Crippen MR) is 81.8 cm³/mol. The van der Waals surface area contributed by atoms with Gasteiger partial charge in [0.2, 0.25) is 0 Å². The molecule has 0 aromatic heterocycles. The third-order valence-electron chi connectivity index (χ3n) is 6.37. The number of rotatable bonds is 3. The predicted octanol–water partition coefficient (Wildman–Crippen LogP) is 0.721. The van der Waals surface area contributed by atoms with Crippen LogP contribution in [0.4, 0.5) is 0 Å². The van der Waals surface area contributed by atoms with Crippen LogP contribution in [0.2, 0.25) is 0 Å². The largest absolute Gasteiger partial charge is 0.329 e. The maximum Gasteiger partial charge on any atom is 0.0474 e. The van der Waals surface area contributed by atoms with Crippen molar-refractivity contribution in [2.45, 2.75) is 62.7 Å². The Hall–Kier alpha value is -0.160. The molecule has 3 atom stereocenters. The lowest BCUT2D eigenvalue weighted by Crippen LogP contribution is -2.63. The molecule has 0 amide bonds.